The van der Waals surface area contributed by atoms with Gasteiger partial charge in [0.05, 0.1) is 12.1 Å². The van der Waals surface area contributed by atoms with Gasteiger partial charge >= 0.3 is 0 Å². The molecule has 18 heavy (non-hydrogen) atoms. The van der Waals surface area contributed by atoms with Crippen molar-refractivity contribution in [1.82, 2.24) is 4.90 Å². The van der Waals surface area contributed by atoms with Crippen molar-refractivity contribution in [3.63, 3.8) is 0 Å². The van der Waals surface area contributed by atoms with E-state index in [1.54, 1.807) is 0 Å². The molecule has 3 nitrogen and oxygen atoms in total. The van der Waals surface area contributed by atoms with E-state index in [0.717, 1.165) is 18.4 Å². The number of ketones is 1. The lowest BCUT2D eigenvalue weighted by atomic mass is 9.87. The summed E-state index contributed by atoms with van der Waals surface area (Å²) in [4.78, 5) is 14.0. The fraction of sp³-hybridized carbons (Fsp3) is 0.800. The van der Waals surface area contributed by atoms with Crippen LogP contribution in [0.4, 0.5) is 0 Å². The van der Waals surface area contributed by atoms with Gasteiger partial charge in [-0.2, -0.15) is 0 Å². The van der Waals surface area contributed by atoms with Gasteiger partial charge in [-0.25, -0.2) is 0 Å². The Balaban J connectivity index is 4.70. The zero-order valence-corrected chi connectivity index (χ0v) is 12.7. The average Bonchev–Trinajstić information content (AvgIpc) is 2.24. The Morgan fingerprint density at radius 2 is 1.78 bits per heavy atom. The summed E-state index contributed by atoms with van der Waals surface area (Å²) in [6.07, 6.45) is 1.15. The number of hydrogen-bond acceptors (Lipinski definition) is 3. The molecule has 0 bridgehead atoms. The molecule has 0 rings (SSSR count). The molecule has 0 spiro atoms. The third-order valence-corrected chi connectivity index (χ3v) is 3.35. The van der Waals surface area contributed by atoms with Crippen molar-refractivity contribution < 1.29 is 9.90 Å². The van der Waals surface area contributed by atoms with Crippen LogP contribution in [-0.4, -0.2) is 42.0 Å². The third kappa shape index (κ3) is 5.32. The van der Waals surface area contributed by atoms with Crippen molar-refractivity contribution in [1.29, 1.82) is 0 Å². The van der Waals surface area contributed by atoms with Crippen LogP contribution in [0.25, 0.3) is 0 Å². The minimum atomic E-state index is -0.616. The molecule has 0 aliphatic heterocycles. The summed E-state index contributed by atoms with van der Waals surface area (Å²) in [7, 11) is 3.69. The second-order valence-corrected chi connectivity index (χ2v) is 5.93. The fourth-order valence-electron chi connectivity index (χ4n) is 2.03. The van der Waals surface area contributed by atoms with Crippen LogP contribution < -0.4 is 0 Å². The number of allylic oxidation sites excluding steroid dienone is 1. The Kier molecular flexibility index (Phi) is 7.41. The average molecular weight is 255 g/mol. The highest BCUT2D eigenvalue weighted by Crippen LogP contribution is 2.20. The van der Waals surface area contributed by atoms with E-state index in [0.29, 0.717) is 0 Å². The monoisotopic (exact) mass is 255 g/mol. The number of likely N-dealkylation sites (N-methyl/N-ethyl adjacent to an activating group) is 1. The van der Waals surface area contributed by atoms with Gasteiger partial charge in [0.25, 0.3) is 0 Å². The van der Waals surface area contributed by atoms with E-state index < -0.39 is 12.1 Å². The number of Topliss-reactive ketones (excluding diaryl/α,β-unsaturated/α-hetero) is 1. The van der Waals surface area contributed by atoms with Gasteiger partial charge in [-0.3, -0.25) is 9.69 Å². The van der Waals surface area contributed by atoms with Crippen LogP contribution in [0, 0.1) is 11.8 Å². The molecular formula is C15H29NO2. The van der Waals surface area contributed by atoms with Crippen LogP contribution in [0.3, 0.4) is 0 Å². The Hall–Kier alpha value is -0.670. The molecule has 0 aromatic carbocycles. The molecule has 1 N–H and O–H groups in total. The van der Waals surface area contributed by atoms with Crippen LogP contribution >= 0.6 is 0 Å². The van der Waals surface area contributed by atoms with E-state index in [-0.39, 0.29) is 17.6 Å². The van der Waals surface area contributed by atoms with Crippen LogP contribution in [0.2, 0.25) is 0 Å². The van der Waals surface area contributed by atoms with Crippen molar-refractivity contribution in [3.05, 3.63) is 12.2 Å². The topological polar surface area (TPSA) is 40.5 Å². The third-order valence-electron chi connectivity index (χ3n) is 3.35. The number of hydrogen-bond donors (Lipinski definition) is 1. The van der Waals surface area contributed by atoms with E-state index in [4.69, 9.17) is 0 Å². The van der Waals surface area contributed by atoms with Crippen molar-refractivity contribution in [2.24, 2.45) is 11.8 Å². The lowest BCUT2D eigenvalue weighted by Crippen LogP contribution is -2.49. The Labute approximate surface area is 112 Å². The summed E-state index contributed by atoms with van der Waals surface area (Å²) in [5.74, 6) is 0.145. The largest absolute Gasteiger partial charge is 0.391 e. The fourth-order valence-corrected chi connectivity index (χ4v) is 2.03. The number of rotatable bonds is 8. The molecule has 0 saturated carbocycles. The number of carbonyl (C=O) groups excluding carboxylic acids is 1. The summed E-state index contributed by atoms with van der Waals surface area (Å²) in [6.45, 7) is 11.6. The molecule has 0 heterocycles. The molecule has 0 aliphatic carbocycles. The normalized spacial score (nSPS) is 16.7. The molecule has 0 radical (unpaired) electrons. The molecule has 0 aromatic rings. The highest BCUT2D eigenvalue weighted by molar-refractivity contribution is 5.86. The highest BCUT2D eigenvalue weighted by Gasteiger charge is 2.33. The van der Waals surface area contributed by atoms with Crippen LogP contribution in [0.15, 0.2) is 12.2 Å². The SMILES string of the molecule is C=C(C)CC[C@@H](C)[C@@H](O)[C@@H](C(=O)C(C)C)N(C)C. The molecule has 0 saturated heterocycles. The first-order chi connectivity index (χ1) is 8.18. The minimum Gasteiger partial charge on any atom is -0.391 e. The number of aliphatic hydroxyl groups is 1. The number of nitrogens with zero attached hydrogens (tertiary/aromatic N) is 1. The maximum Gasteiger partial charge on any atom is 0.155 e. The zero-order chi connectivity index (χ0) is 14.5. The van der Waals surface area contributed by atoms with Crippen LogP contribution in [-0.2, 0) is 4.79 Å². The quantitative estimate of drug-likeness (QED) is 0.677. The molecule has 0 fully saturated rings. The summed E-state index contributed by atoms with van der Waals surface area (Å²) in [5, 5.41) is 10.4. The summed E-state index contributed by atoms with van der Waals surface area (Å²) < 4.78 is 0. The molecule has 0 amide bonds. The van der Waals surface area contributed by atoms with Gasteiger partial charge < -0.3 is 5.11 Å². The molecule has 0 aromatic heterocycles. The molecule has 3 heteroatoms. The number of carbonyl (C=O) groups is 1. The van der Waals surface area contributed by atoms with Gasteiger partial charge in [-0.05, 0) is 39.8 Å². The smallest absolute Gasteiger partial charge is 0.155 e. The van der Waals surface area contributed by atoms with Crippen LogP contribution in [0.5, 0.6) is 0 Å². The number of aliphatic hydroxyl groups excluding tert-OH is 1. The van der Waals surface area contributed by atoms with E-state index in [2.05, 4.69) is 6.58 Å². The Morgan fingerprint density at radius 1 is 1.28 bits per heavy atom. The van der Waals surface area contributed by atoms with Gasteiger partial charge in [0, 0.05) is 5.92 Å². The summed E-state index contributed by atoms with van der Waals surface area (Å²) in [5.41, 5.74) is 1.12. The molecule has 106 valence electrons. The second kappa shape index (κ2) is 7.70. The predicted molar refractivity (Wildman–Crippen MR) is 76.5 cm³/mol. The van der Waals surface area contributed by atoms with E-state index in [9.17, 15) is 9.90 Å². The predicted octanol–water partition coefficient (Wildman–Crippen LogP) is 2.50. The Bertz CT molecular complexity index is 284. The maximum atomic E-state index is 12.1. The van der Waals surface area contributed by atoms with E-state index >= 15 is 0 Å². The maximum absolute atomic E-state index is 12.1. The van der Waals surface area contributed by atoms with Gasteiger partial charge in [0.1, 0.15) is 0 Å². The highest BCUT2D eigenvalue weighted by atomic mass is 16.3. The Morgan fingerprint density at radius 3 is 2.11 bits per heavy atom. The zero-order valence-electron chi connectivity index (χ0n) is 12.7. The molecule has 3 atom stereocenters. The first kappa shape index (κ1) is 17.3. The standard InChI is InChI=1S/C15H29NO2/c1-10(2)8-9-12(5)15(18)13(16(6)7)14(17)11(3)4/h11-13,15,18H,1,8-9H2,2-7H3/t12-,13-,15-/m1/s1. The van der Waals surface area contributed by atoms with Crippen molar-refractivity contribution in [3.8, 4) is 0 Å². The van der Waals surface area contributed by atoms with Crippen molar-refractivity contribution in [2.45, 2.75) is 52.7 Å². The van der Waals surface area contributed by atoms with Crippen LogP contribution in [0.1, 0.15) is 40.5 Å². The van der Waals surface area contributed by atoms with Gasteiger partial charge in [0.2, 0.25) is 0 Å². The first-order valence-electron chi connectivity index (χ1n) is 6.71. The molecule has 0 aliphatic rings. The molecular weight excluding hydrogens is 226 g/mol. The van der Waals surface area contributed by atoms with Gasteiger partial charge in [-0.1, -0.05) is 26.3 Å². The first-order valence-corrected chi connectivity index (χ1v) is 6.71. The van der Waals surface area contributed by atoms with Gasteiger partial charge in [0.15, 0.2) is 5.78 Å². The van der Waals surface area contributed by atoms with Crippen molar-refractivity contribution >= 4 is 5.78 Å². The van der Waals surface area contributed by atoms with E-state index in [1.807, 2.05) is 46.7 Å². The summed E-state index contributed by atoms with van der Waals surface area (Å²) >= 11 is 0. The minimum absolute atomic E-state index is 0.0552. The lowest BCUT2D eigenvalue weighted by Gasteiger charge is -2.32. The second-order valence-electron chi connectivity index (χ2n) is 5.93. The molecule has 0 unspecified atom stereocenters. The summed E-state index contributed by atoms with van der Waals surface area (Å²) in [6, 6.07) is -0.412. The lowest BCUT2D eigenvalue weighted by molar-refractivity contribution is -0.131. The van der Waals surface area contributed by atoms with Crippen molar-refractivity contribution in [2.75, 3.05) is 14.1 Å². The van der Waals surface area contributed by atoms with Gasteiger partial charge in [-0.15, -0.1) is 6.58 Å². The van der Waals surface area contributed by atoms with E-state index in [1.165, 1.54) is 0 Å².